The summed E-state index contributed by atoms with van der Waals surface area (Å²) in [7, 11) is 1.83. The molecule has 0 saturated carbocycles. The second-order valence-electron chi connectivity index (χ2n) is 3.40. The van der Waals surface area contributed by atoms with Crippen molar-refractivity contribution in [3.63, 3.8) is 0 Å². The van der Waals surface area contributed by atoms with Crippen molar-refractivity contribution in [1.29, 1.82) is 0 Å². The molecule has 84 valence electrons. The van der Waals surface area contributed by atoms with E-state index in [1.54, 1.807) is 0 Å². The summed E-state index contributed by atoms with van der Waals surface area (Å²) in [5, 5.41) is 12.6. The summed E-state index contributed by atoms with van der Waals surface area (Å²) < 4.78 is 11.0. The van der Waals surface area contributed by atoms with Crippen molar-refractivity contribution >= 4 is 16.5 Å². The van der Waals surface area contributed by atoms with Gasteiger partial charge in [-0.3, -0.25) is 0 Å². The minimum absolute atomic E-state index is 0.279. The number of hydrogen-bond donors (Lipinski definition) is 1. The van der Waals surface area contributed by atoms with Gasteiger partial charge in [0.25, 0.3) is 0 Å². The van der Waals surface area contributed by atoms with Crippen LogP contribution in [0.4, 0.5) is 5.13 Å². The fourth-order valence-corrected chi connectivity index (χ4v) is 2.10. The number of nitrogens with zero attached hydrogens (tertiary/aromatic N) is 2. The number of hydrogen-bond acceptors (Lipinski definition) is 6. The third kappa shape index (κ3) is 3.12. The molecule has 1 N–H and O–H groups in total. The monoisotopic (exact) mass is 229 g/mol. The molecule has 1 unspecified atom stereocenters. The summed E-state index contributed by atoms with van der Waals surface area (Å²) in [5.41, 5.74) is 0. The summed E-state index contributed by atoms with van der Waals surface area (Å²) in [6, 6.07) is 0. The van der Waals surface area contributed by atoms with Crippen molar-refractivity contribution in [3.05, 3.63) is 5.01 Å². The van der Waals surface area contributed by atoms with Crippen LogP contribution in [0.15, 0.2) is 0 Å². The minimum atomic E-state index is 0.279. The number of aromatic nitrogens is 2. The number of nitrogens with one attached hydrogen (secondary N) is 1. The molecule has 1 atom stereocenters. The Kier molecular flexibility index (Phi) is 3.87. The largest absolute Gasteiger partial charge is 0.376 e. The van der Waals surface area contributed by atoms with Gasteiger partial charge in [0.15, 0.2) is 0 Å². The summed E-state index contributed by atoms with van der Waals surface area (Å²) in [4.78, 5) is 0. The Morgan fingerprint density at radius 2 is 2.53 bits per heavy atom. The quantitative estimate of drug-likeness (QED) is 0.824. The van der Waals surface area contributed by atoms with Gasteiger partial charge in [-0.25, -0.2) is 0 Å². The number of ether oxygens (including phenoxy) is 2. The van der Waals surface area contributed by atoms with Crippen LogP contribution in [0.5, 0.6) is 0 Å². The van der Waals surface area contributed by atoms with Crippen LogP contribution in [0.25, 0.3) is 0 Å². The summed E-state index contributed by atoms with van der Waals surface area (Å²) in [6.45, 7) is 2.06. The highest BCUT2D eigenvalue weighted by molar-refractivity contribution is 7.15. The molecule has 2 heterocycles. The van der Waals surface area contributed by atoms with Crippen LogP contribution in [0.1, 0.15) is 17.8 Å². The van der Waals surface area contributed by atoms with E-state index >= 15 is 0 Å². The van der Waals surface area contributed by atoms with Gasteiger partial charge in [-0.1, -0.05) is 11.3 Å². The molecule has 1 aromatic heterocycles. The average Bonchev–Trinajstić information content (AvgIpc) is 2.88. The molecule has 1 aliphatic rings. The van der Waals surface area contributed by atoms with Crippen LogP contribution in [0.3, 0.4) is 0 Å². The van der Waals surface area contributed by atoms with Crippen LogP contribution in [-0.2, 0) is 16.1 Å². The van der Waals surface area contributed by atoms with Gasteiger partial charge in [0.1, 0.15) is 11.6 Å². The van der Waals surface area contributed by atoms with Gasteiger partial charge in [-0.05, 0) is 12.8 Å². The predicted octanol–water partition coefficient (Wildman–Crippen LogP) is 1.28. The molecule has 0 aromatic carbocycles. The fourth-order valence-electron chi connectivity index (χ4n) is 1.47. The maximum absolute atomic E-state index is 5.52. The zero-order valence-electron chi connectivity index (χ0n) is 8.73. The predicted molar refractivity (Wildman–Crippen MR) is 58.1 cm³/mol. The highest BCUT2D eigenvalue weighted by Crippen LogP contribution is 2.16. The molecule has 1 fully saturated rings. The van der Waals surface area contributed by atoms with Gasteiger partial charge < -0.3 is 14.8 Å². The SMILES string of the molecule is CNc1nnc(COCC2CCCO2)s1. The van der Waals surface area contributed by atoms with Gasteiger partial charge in [-0.2, -0.15) is 0 Å². The Labute approximate surface area is 92.8 Å². The van der Waals surface area contributed by atoms with Crippen molar-refractivity contribution < 1.29 is 9.47 Å². The van der Waals surface area contributed by atoms with Gasteiger partial charge in [0, 0.05) is 13.7 Å². The third-order valence-electron chi connectivity index (χ3n) is 2.23. The lowest BCUT2D eigenvalue weighted by molar-refractivity contribution is 0.0104. The molecule has 2 rings (SSSR count). The van der Waals surface area contributed by atoms with E-state index in [-0.39, 0.29) is 6.10 Å². The van der Waals surface area contributed by atoms with Crippen LogP contribution in [0, 0.1) is 0 Å². The van der Waals surface area contributed by atoms with E-state index < -0.39 is 0 Å². The van der Waals surface area contributed by atoms with Crippen LogP contribution in [0.2, 0.25) is 0 Å². The van der Waals surface area contributed by atoms with Crippen molar-refractivity contribution in [2.24, 2.45) is 0 Å². The molecule has 5 nitrogen and oxygen atoms in total. The molecule has 6 heteroatoms. The van der Waals surface area contributed by atoms with E-state index in [4.69, 9.17) is 9.47 Å². The van der Waals surface area contributed by atoms with Crippen molar-refractivity contribution in [2.75, 3.05) is 25.6 Å². The topological polar surface area (TPSA) is 56.3 Å². The van der Waals surface area contributed by atoms with E-state index in [9.17, 15) is 0 Å². The van der Waals surface area contributed by atoms with Gasteiger partial charge in [0.05, 0.1) is 12.7 Å². The Hall–Kier alpha value is -0.720. The highest BCUT2D eigenvalue weighted by Gasteiger charge is 2.15. The molecule has 0 amide bonds. The van der Waals surface area contributed by atoms with Crippen molar-refractivity contribution in [2.45, 2.75) is 25.6 Å². The van der Waals surface area contributed by atoms with E-state index in [2.05, 4.69) is 15.5 Å². The smallest absolute Gasteiger partial charge is 0.205 e. The second-order valence-corrected chi connectivity index (χ2v) is 4.46. The van der Waals surface area contributed by atoms with Gasteiger partial charge in [0.2, 0.25) is 5.13 Å². The highest BCUT2D eigenvalue weighted by atomic mass is 32.1. The van der Waals surface area contributed by atoms with Crippen LogP contribution < -0.4 is 5.32 Å². The fraction of sp³-hybridized carbons (Fsp3) is 0.778. The first kappa shape index (κ1) is 10.8. The first-order valence-electron chi connectivity index (χ1n) is 5.08. The normalized spacial score (nSPS) is 20.7. The Balaban J connectivity index is 1.68. The first-order chi connectivity index (χ1) is 7.38. The van der Waals surface area contributed by atoms with E-state index in [1.807, 2.05) is 7.05 Å². The third-order valence-corrected chi connectivity index (χ3v) is 3.15. The zero-order valence-corrected chi connectivity index (χ0v) is 9.55. The van der Waals surface area contributed by atoms with E-state index in [1.165, 1.54) is 11.3 Å². The van der Waals surface area contributed by atoms with Gasteiger partial charge in [-0.15, -0.1) is 10.2 Å². The Morgan fingerprint density at radius 3 is 3.20 bits per heavy atom. The molecule has 0 radical (unpaired) electrons. The lowest BCUT2D eigenvalue weighted by atomic mass is 10.2. The maximum atomic E-state index is 5.52. The standard InChI is InChI=1S/C9H15N3O2S/c1-10-9-12-11-8(15-9)6-13-5-7-3-2-4-14-7/h7H,2-6H2,1H3,(H,10,12). The van der Waals surface area contributed by atoms with Crippen molar-refractivity contribution in [3.8, 4) is 0 Å². The summed E-state index contributed by atoms with van der Waals surface area (Å²) in [6.07, 6.45) is 2.54. The first-order valence-corrected chi connectivity index (χ1v) is 5.89. The lowest BCUT2D eigenvalue weighted by Crippen LogP contribution is -2.13. The average molecular weight is 229 g/mol. The van der Waals surface area contributed by atoms with E-state index in [0.29, 0.717) is 13.2 Å². The molecular weight excluding hydrogens is 214 g/mol. The maximum Gasteiger partial charge on any atom is 0.205 e. The molecule has 0 bridgehead atoms. The molecule has 0 spiro atoms. The lowest BCUT2D eigenvalue weighted by Gasteiger charge is -2.08. The Bertz CT molecular complexity index is 299. The molecular formula is C9H15N3O2S. The zero-order chi connectivity index (χ0) is 10.5. The molecule has 1 saturated heterocycles. The summed E-state index contributed by atoms with van der Waals surface area (Å²) >= 11 is 1.52. The number of rotatable bonds is 5. The molecule has 1 aliphatic heterocycles. The van der Waals surface area contributed by atoms with Crippen molar-refractivity contribution in [1.82, 2.24) is 10.2 Å². The molecule has 0 aliphatic carbocycles. The number of anilines is 1. The van der Waals surface area contributed by atoms with Crippen LogP contribution in [-0.4, -0.2) is 36.6 Å². The minimum Gasteiger partial charge on any atom is -0.376 e. The van der Waals surface area contributed by atoms with Gasteiger partial charge >= 0.3 is 0 Å². The Morgan fingerprint density at radius 1 is 1.60 bits per heavy atom. The molecule has 1 aromatic rings. The molecule has 15 heavy (non-hydrogen) atoms. The second kappa shape index (κ2) is 5.39. The van der Waals surface area contributed by atoms with Crippen LogP contribution >= 0.6 is 11.3 Å². The summed E-state index contributed by atoms with van der Waals surface area (Å²) in [5.74, 6) is 0. The van der Waals surface area contributed by atoms with E-state index in [0.717, 1.165) is 29.6 Å².